The SMILES string of the molecule is CC(=O)Cc1cc(Br)c2c(c1)OCC(C)(C)CO2. The molecule has 1 aliphatic rings. The van der Waals surface area contributed by atoms with Crippen LogP contribution in [0.4, 0.5) is 0 Å². The first-order chi connectivity index (χ1) is 8.37. The molecule has 0 aliphatic carbocycles. The maximum atomic E-state index is 11.2. The number of ether oxygens (including phenoxy) is 2. The Morgan fingerprint density at radius 2 is 2.00 bits per heavy atom. The molecule has 0 N–H and O–H groups in total. The largest absolute Gasteiger partial charge is 0.489 e. The van der Waals surface area contributed by atoms with Crippen LogP contribution in [0.3, 0.4) is 0 Å². The summed E-state index contributed by atoms with van der Waals surface area (Å²) < 4.78 is 12.4. The first-order valence-electron chi connectivity index (χ1n) is 5.95. The molecule has 3 nitrogen and oxygen atoms in total. The minimum absolute atomic E-state index is 0.0147. The third-order valence-electron chi connectivity index (χ3n) is 2.75. The van der Waals surface area contributed by atoms with Crippen LogP contribution in [0.5, 0.6) is 11.5 Å². The van der Waals surface area contributed by atoms with Crippen LogP contribution >= 0.6 is 15.9 Å². The summed E-state index contributed by atoms with van der Waals surface area (Å²) >= 11 is 3.48. The van der Waals surface area contributed by atoms with Crippen molar-refractivity contribution in [3.63, 3.8) is 0 Å². The number of carbonyl (C=O) groups is 1. The fraction of sp³-hybridized carbons (Fsp3) is 0.500. The number of halogens is 1. The highest BCUT2D eigenvalue weighted by atomic mass is 79.9. The van der Waals surface area contributed by atoms with E-state index in [-0.39, 0.29) is 11.2 Å². The predicted octanol–water partition coefficient (Wildman–Crippen LogP) is 3.38. The highest BCUT2D eigenvalue weighted by Gasteiger charge is 2.26. The van der Waals surface area contributed by atoms with Gasteiger partial charge in [-0.15, -0.1) is 0 Å². The molecule has 4 heteroatoms. The Bertz CT molecular complexity index is 480. The summed E-state index contributed by atoms with van der Waals surface area (Å²) in [5.74, 6) is 1.58. The molecule has 2 rings (SSSR count). The van der Waals surface area contributed by atoms with Crippen molar-refractivity contribution in [2.75, 3.05) is 13.2 Å². The summed E-state index contributed by atoms with van der Waals surface area (Å²) in [7, 11) is 0. The summed E-state index contributed by atoms with van der Waals surface area (Å²) in [5.41, 5.74) is 0.926. The molecule has 18 heavy (non-hydrogen) atoms. The summed E-state index contributed by atoms with van der Waals surface area (Å²) in [4.78, 5) is 11.2. The van der Waals surface area contributed by atoms with Gasteiger partial charge in [-0.1, -0.05) is 13.8 Å². The van der Waals surface area contributed by atoms with Gasteiger partial charge in [-0.05, 0) is 40.5 Å². The van der Waals surface area contributed by atoms with Gasteiger partial charge in [-0.3, -0.25) is 4.79 Å². The molecule has 98 valence electrons. The molecular weight excluding hydrogens is 296 g/mol. The first kappa shape index (κ1) is 13.4. The standard InChI is InChI=1S/C14H17BrO3/c1-9(16)4-10-5-11(15)13-12(6-10)17-7-14(2,3)8-18-13/h5-6H,4,7-8H2,1-3H3. The van der Waals surface area contributed by atoms with Gasteiger partial charge in [0.25, 0.3) is 0 Å². The van der Waals surface area contributed by atoms with Crippen LogP contribution in [-0.2, 0) is 11.2 Å². The molecule has 0 unspecified atom stereocenters. The highest BCUT2D eigenvalue weighted by molar-refractivity contribution is 9.10. The van der Waals surface area contributed by atoms with Gasteiger partial charge in [-0.25, -0.2) is 0 Å². The smallest absolute Gasteiger partial charge is 0.175 e. The number of hydrogen-bond acceptors (Lipinski definition) is 3. The Labute approximate surface area is 116 Å². The van der Waals surface area contributed by atoms with Crippen LogP contribution in [0.2, 0.25) is 0 Å². The Kier molecular flexibility index (Phi) is 3.66. The molecule has 0 fully saturated rings. The average Bonchev–Trinajstić information content (AvgIpc) is 2.37. The van der Waals surface area contributed by atoms with Gasteiger partial charge in [0.05, 0.1) is 17.7 Å². The number of ketones is 1. The lowest BCUT2D eigenvalue weighted by atomic mass is 9.97. The van der Waals surface area contributed by atoms with E-state index in [0.29, 0.717) is 25.4 Å². The molecule has 1 heterocycles. The maximum Gasteiger partial charge on any atom is 0.175 e. The molecule has 1 aliphatic heterocycles. The third kappa shape index (κ3) is 3.05. The molecule has 0 radical (unpaired) electrons. The van der Waals surface area contributed by atoms with Gasteiger partial charge in [0.15, 0.2) is 11.5 Å². The molecule has 0 saturated heterocycles. The number of rotatable bonds is 2. The highest BCUT2D eigenvalue weighted by Crippen LogP contribution is 2.40. The van der Waals surface area contributed by atoms with E-state index in [9.17, 15) is 4.79 Å². The van der Waals surface area contributed by atoms with E-state index in [4.69, 9.17) is 9.47 Å². The quantitative estimate of drug-likeness (QED) is 0.840. The van der Waals surface area contributed by atoms with Crippen LogP contribution in [0.15, 0.2) is 16.6 Å². The molecule has 1 aromatic carbocycles. The van der Waals surface area contributed by atoms with Crippen molar-refractivity contribution in [3.8, 4) is 11.5 Å². The molecule has 0 saturated carbocycles. The molecule has 0 spiro atoms. The zero-order chi connectivity index (χ0) is 13.3. The summed E-state index contributed by atoms with van der Waals surface area (Å²) in [6.07, 6.45) is 0.415. The fourth-order valence-corrected chi connectivity index (χ4v) is 2.44. The van der Waals surface area contributed by atoms with Gasteiger partial charge < -0.3 is 9.47 Å². The van der Waals surface area contributed by atoms with E-state index in [1.165, 1.54) is 0 Å². The van der Waals surface area contributed by atoms with Crippen molar-refractivity contribution in [2.24, 2.45) is 5.41 Å². The van der Waals surface area contributed by atoms with Crippen molar-refractivity contribution >= 4 is 21.7 Å². The molecular formula is C14H17BrO3. The topological polar surface area (TPSA) is 35.5 Å². The number of carbonyl (C=O) groups excluding carboxylic acids is 1. The normalized spacial score (nSPS) is 17.1. The van der Waals surface area contributed by atoms with Crippen LogP contribution in [-0.4, -0.2) is 19.0 Å². The number of benzene rings is 1. The second kappa shape index (κ2) is 4.92. The van der Waals surface area contributed by atoms with E-state index in [0.717, 1.165) is 15.8 Å². The van der Waals surface area contributed by atoms with E-state index in [1.54, 1.807) is 6.92 Å². The first-order valence-corrected chi connectivity index (χ1v) is 6.74. The van der Waals surface area contributed by atoms with Crippen LogP contribution in [0, 0.1) is 5.41 Å². The second-order valence-electron chi connectivity index (χ2n) is 5.53. The van der Waals surface area contributed by atoms with E-state index < -0.39 is 0 Å². The zero-order valence-corrected chi connectivity index (χ0v) is 12.5. The summed E-state index contributed by atoms with van der Waals surface area (Å²) in [6, 6.07) is 3.81. The predicted molar refractivity (Wildman–Crippen MR) is 73.3 cm³/mol. The molecule has 0 atom stereocenters. The minimum atomic E-state index is -0.0147. The Morgan fingerprint density at radius 1 is 1.33 bits per heavy atom. The average molecular weight is 313 g/mol. The molecule has 1 aromatic rings. The van der Waals surface area contributed by atoms with Gasteiger partial charge in [0, 0.05) is 11.8 Å². The lowest BCUT2D eigenvalue weighted by molar-refractivity contribution is -0.116. The van der Waals surface area contributed by atoms with Crippen molar-refractivity contribution in [3.05, 3.63) is 22.2 Å². The van der Waals surface area contributed by atoms with E-state index in [1.807, 2.05) is 12.1 Å². The van der Waals surface area contributed by atoms with E-state index >= 15 is 0 Å². The van der Waals surface area contributed by atoms with E-state index in [2.05, 4.69) is 29.8 Å². The van der Waals surface area contributed by atoms with Crippen LogP contribution in [0.25, 0.3) is 0 Å². The van der Waals surface area contributed by atoms with Crippen LogP contribution < -0.4 is 9.47 Å². The molecule has 0 bridgehead atoms. The summed E-state index contributed by atoms with van der Waals surface area (Å²) in [5, 5.41) is 0. The maximum absolute atomic E-state index is 11.2. The monoisotopic (exact) mass is 312 g/mol. The Balaban J connectivity index is 2.33. The van der Waals surface area contributed by atoms with Gasteiger partial charge in [-0.2, -0.15) is 0 Å². The lowest BCUT2D eigenvalue weighted by Gasteiger charge is -2.19. The van der Waals surface area contributed by atoms with Crippen molar-refractivity contribution < 1.29 is 14.3 Å². The third-order valence-corrected chi connectivity index (χ3v) is 3.34. The van der Waals surface area contributed by atoms with Crippen molar-refractivity contribution in [2.45, 2.75) is 27.2 Å². The minimum Gasteiger partial charge on any atom is -0.489 e. The number of fused-ring (bicyclic) bond motifs is 1. The fourth-order valence-electron chi connectivity index (χ4n) is 1.84. The number of Topliss-reactive ketones (excluding diaryl/α,β-unsaturated/α-hetero) is 1. The Hall–Kier alpha value is -1.03. The lowest BCUT2D eigenvalue weighted by Crippen LogP contribution is -2.26. The van der Waals surface area contributed by atoms with Gasteiger partial charge in [0.2, 0.25) is 0 Å². The zero-order valence-electron chi connectivity index (χ0n) is 10.9. The van der Waals surface area contributed by atoms with Crippen molar-refractivity contribution in [1.29, 1.82) is 0 Å². The molecule has 0 aromatic heterocycles. The second-order valence-corrected chi connectivity index (χ2v) is 6.38. The van der Waals surface area contributed by atoms with Gasteiger partial charge in [0.1, 0.15) is 5.78 Å². The number of hydrogen-bond donors (Lipinski definition) is 0. The van der Waals surface area contributed by atoms with Crippen molar-refractivity contribution in [1.82, 2.24) is 0 Å². The molecule has 0 amide bonds. The van der Waals surface area contributed by atoms with Gasteiger partial charge >= 0.3 is 0 Å². The summed E-state index contributed by atoms with van der Waals surface area (Å²) in [6.45, 7) is 7.01. The Morgan fingerprint density at radius 3 is 2.67 bits per heavy atom. The van der Waals surface area contributed by atoms with Crippen LogP contribution in [0.1, 0.15) is 26.3 Å².